The second kappa shape index (κ2) is 5.00. The molecule has 110 valence electrons. The molecule has 0 bridgehead atoms. The van der Waals surface area contributed by atoms with Gasteiger partial charge in [0.2, 0.25) is 0 Å². The average Bonchev–Trinajstić information content (AvgIpc) is 2.98. The summed E-state index contributed by atoms with van der Waals surface area (Å²) < 4.78 is 5.61. The lowest BCUT2D eigenvalue weighted by Gasteiger charge is -2.39. The number of carboxylic acid groups (broad SMARTS) is 1. The molecule has 5 nitrogen and oxygen atoms in total. The second-order valence-corrected chi connectivity index (χ2v) is 6.98. The van der Waals surface area contributed by atoms with E-state index in [0.717, 1.165) is 48.1 Å². The van der Waals surface area contributed by atoms with Gasteiger partial charge in [-0.1, -0.05) is 0 Å². The van der Waals surface area contributed by atoms with Crippen LogP contribution in [-0.4, -0.2) is 41.9 Å². The quantitative estimate of drug-likeness (QED) is 0.927. The summed E-state index contributed by atoms with van der Waals surface area (Å²) in [6.07, 6.45) is 3.68. The maximum absolute atomic E-state index is 11.2. The van der Waals surface area contributed by atoms with E-state index in [0.29, 0.717) is 6.42 Å². The minimum absolute atomic E-state index is 0.124. The highest BCUT2D eigenvalue weighted by Gasteiger charge is 2.36. The van der Waals surface area contributed by atoms with Crippen molar-refractivity contribution in [2.24, 2.45) is 0 Å². The smallest absolute Gasteiger partial charge is 0.312 e. The van der Waals surface area contributed by atoms with Crippen LogP contribution in [0, 0.1) is 0 Å². The Kier molecular flexibility index (Phi) is 3.46. The van der Waals surface area contributed by atoms with Gasteiger partial charge in [-0.15, -0.1) is 11.3 Å². The van der Waals surface area contributed by atoms with Gasteiger partial charge in [-0.3, -0.25) is 4.79 Å². The molecule has 0 amide bonds. The Morgan fingerprint density at radius 2 is 2.40 bits per heavy atom. The van der Waals surface area contributed by atoms with Crippen LogP contribution in [0.2, 0.25) is 0 Å². The van der Waals surface area contributed by atoms with Gasteiger partial charge < -0.3 is 14.7 Å². The molecule has 1 aromatic heterocycles. The van der Waals surface area contributed by atoms with Gasteiger partial charge >= 0.3 is 5.97 Å². The lowest BCUT2D eigenvalue weighted by Crippen LogP contribution is -2.47. The number of nitrogens with zero attached hydrogens (tertiary/aromatic N) is 2. The van der Waals surface area contributed by atoms with Crippen LogP contribution in [0.3, 0.4) is 0 Å². The zero-order chi connectivity index (χ0) is 14.3. The van der Waals surface area contributed by atoms with Crippen LogP contribution in [0.25, 0.3) is 0 Å². The largest absolute Gasteiger partial charge is 0.481 e. The van der Waals surface area contributed by atoms with Gasteiger partial charge in [-0.05, 0) is 32.6 Å². The van der Waals surface area contributed by atoms with E-state index in [9.17, 15) is 9.90 Å². The third kappa shape index (κ3) is 2.31. The molecule has 2 atom stereocenters. The molecule has 3 rings (SSSR count). The lowest BCUT2D eigenvalue weighted by molar-refractivity contribution is -0.138. The number of aromatic nitrogens is 1. The van der Waals surface area contributed by atoms with Crippen molar-refractivity contribution >= 4 is 22.4 Å². The Morgan fingerprint density at radius 3 is 3.10 bits per heavy atom. The van der Waals surface area contributed by atoms with E-state index >= 15 is 0 Å². The molecular formula is C14H20N2O3S. The first-order chi connectivity index (χ1) is 9.52. The van der Waals surface area contributed by atoms with Crippen molar-refractivity contribution < 1.29 is 14.6 Å². The van der Waals surface area contributed by atoms with Crippen LogP contribution in [0.5, 0.6) is 0 Å². The van der Waals surface area contributed by atoms with E-state index in [-0.39, 0.29) is 5.60 Å². The van der Waals surface area contributed by atoms with Crippen LogP contribution in [0.1, 0.15) is 42.7 Å². The fraction of sp³-hybridized carbons (Fsp3) is 0.714. The first kappa shape index (κ1) is 13.8. The molecule has 1 aliphatic carbocycles. The Bertz CT molecular complexity index is 530. The topological polar surface area (TPSA) is 62.7 Å². The highest BCUT2D eigenvalue weighted by atomic mass is 32.1. The molecule has 1 aliphatic heterocycles. The number of thiazole rings is 1. The Labute approximate surface area is 122 Å². The van der Waals surface area contributed by atoms with E-state index in [2.05, 4.69) is 16.8 Å². The van der Waals surface area contributed by atoms with E-state index in [1.54, 1.807) is 18.4 Å². The third-order valence-electron chi connectivity index (χ3n) is 4.43. The maximum Gasteiger partial charge on any atom is 0.312 e. The second-order valence-electron chi connectivity index (χ2n) is 5.91. The lowest BCUT2D eigenvalue weighted by atomic mass is 9.95. The summed E-state index contributed by atoms with van der Waals surface area (Å²) in [6.45, 7) is 3.93. The van der Waals surface area contributed by atoms with Crippen molar-refractivity contribution in [3.05, 3.63) is 10.6 Å². The van der Waals surface area contributed by atoms with Crippen molar-refractivity contribution in [3.8, 4) is 0 Å². The summed E-state index contributed by atoms with van der Waals surface area (Å²) in [6, 6.07) is 0. The maximum atomic E-state index is 11.2. The predicted molar refractivity (Wildman–Crippen MR) is 77.7 cm³/mol. The number of hydrogen-bond donors (Lipinski definition) is 1. The molecule has 0 spiro atoms. The summed E-state index contributed by atoms with van der Waals surface area (Å²) in [5.74, 6) is -1.16. The van der Waals surface area contributed by atoms with Gasteiger partial charge in [0.1, 0.15) is 5.92 Å². The molecule has 0 aromatic carbocycles. The summed E-state index contributed by atoms with van der Waals surface area (Å²) in [5.41, 5.74) is 0.669. The Morgan fingerprint density at radius 1 is 1.60 bits per heavy atom. The molecule has 1 aromatic rings. The zero-order valence-corrected chi connectivity index (χ0v) is 12.7. The first-order valence-corrected chi connectivity index (χ1v) is 7.86. The molecule has 20 heavy (non-hydrogen) atoms. The highest BCUT2D eigenvalue weighted by Crippen LogP contribution is 2.40. The molecule has 2 heterocycles. The van der Waals surface area contributed by atoms with E-state index in [1.165, 1.54) is 0 Å². The van der Waals surface area contributed by atoms with Crippen molar-refractivity contribution in [2.45, 2.75) is 44.1 Å². The number of fused-ring (bicyclic) bond motifs is 1. The standard InChI is InChI=1S/C14H20N2O3S/c1-14(19-2)6-3-7-16(8-14)13-15-11-9(12(17)18)4-5-10(11)20-13/h9H,3-8H2,1-2H3,(H,17,18). The van der Waals surface area contributed by atoms with Crippen molar-refractivity contribution in [1.29, 1.82) is 0 Å². The number of hydrogen-bond acceptors (Lipinski definition) is 5. The molecule has 6 heteroatoms. The van der Waals surface area contributed by atoms with E-state index in [1.807, 2.05) is 0 Å². The van der Waals surface area contributed by atoms with Crippen LogP contribution in [0.4, 0.5) is 5.13 Å². The van der Waals surface area contributed by atoms with Crippen LogP contribution in [-0.2, 0) is 16.0 Å². The van der Waals surface area contributed by atoms with Crippen molar-refractivity contribution in [3.63, 3.8) is 0 Å². The monoisotopic (exact) mass is 296 g/mol. The number of rotatable bonds is 3. The zero-order valence-electron chi connectivity index (χ0n) is 11.9. The number of aryl methyl sites for hydroxylation is 1. The normalized spacial score (nSPS) is 29.5. The van der Waals surface area contributed by atoms with Crippen LogP contribution >= 0.6 is 11.3 Å². The van der Waals surface area contributed by atoms with Gasteiger partial charge in [0.05, 0.1) is 11.3 Å². The Hall–Kier alpha value is -1.14. The van der Waals surface area contributed by atoms with Crippen LogP contribution in [0.15, 0.2) is 0 Å². The summed E-state index contributed by atoms with van der Waals surface area (Å²) >= 11 is 1.66. The number of carboxylic acids is 1. The number of aliphatic carboxylic acids is 1. The molecule has 1 saturated heterocycles. The highest BCUT2D eigenvalue weighted by molar-refractivity contribution is 7.15. The first-order valence-electron chi connectivity index (χ1n) is 7.05. The van der Waals surface area contributed by atoms with Crippen molar-refractivity contribution in [2.75, 3.05) is 25.1 Å². The molecular weight excluding hydrogens is 276 g/mol. The number of methoxy groups -OCH3 is 1. The molecule has 0 radical (unpaired) electrons. The van der Waals surface area contributed by atoms with Crippen LogP contribution < -0.4 is 4.90 Å². The summed E-state index contributed by atoms with van der Waals surface area (Å²) in [7, 11) is 1.76. The molecule has 2 unspecified atom stereocenters. The molecule has 0 saturated carbocycles. The van der Waals surface area contributed by atoms with E-state index < -0.39 is 11.9 Å². The van der Waals surface area contributed by atoms with Gasteiger partial charge in [0.25, 0.3) is 0 Å². The number of ether oxygens (including phenoxy) is 1. The van der Waals surface area contributed by atoms with Gasteiger partial charge in [-0.2, -0.15) is 0 Å². The summed E-state index contributed by atoms with van der Waals surface area (Å²) in [4.78, 5) is 19.3. The fourth-order valence-electron chi connectivity index (χ4n) is 3.13. The minimum Gasteiger partial charge on any atom is -0.481 e. The number of carbonyl (C=O) groups is 1. The van der Waals surface area contributed by atoms with Gasteiger partial charge in [-0.25, -0.2) is 4.98 Å². The molecule has 2 aliphatic rings. The predicted octanol–water partition coefficient (Wildman–Crippen LogP) is 2.26. The number of anilines is 1. The van der Waals surface area contributed by atoms with Gasteiger partial charge in [0, 0.05) is 25.1 Å². The molecule has 1 fully saturated rings. The average molecular weight is 296 g/mol. The third-order valence-corrected chi connectivity index (χ3v) is 5.62. The fourth-order valence-corrected chi connectivity index (χ4v) is 4.29. The van der Waals surface area contributed by atoms with Gasteiger partial charge in [0.15, 0.2) is 5.13 Å². The summed E-state index contributed by atoms with van der Waals surface area (Å²) in [5, 5.41) is 10.2. The minimum atomic E-state index is -0.749. The van der Waals surface area contributed by atoms with Crippen molar-refractivity contribution in [1.82, 2.24) is 4.98 Å². The number of piperidine rings is 1. The SMILES string of the molecule is COC1(C)CCCN(c2nc3c(s2)CCC3C(=O)O)C1. The van der Waals surface area contributed by atoms with E-state index in [4.69, 9.17) is 4.74 Å². The Balaban J connectivity index is 1.82. The molecule has 1 N–H and O–H groups in total.